The van der Waals surface area contributed by atoms with Crippen LogP contribution < -0.4 is 5.32 Å². The molecule has 1 fully saturated rings. The van der Waals surface area contributed by atoms with E-state index in [2.05, 4.69) is 10.3 Å². The number of aryl methyl sites for hydroxylation is 1. The highest BCUT2D eigenvalue weighted by atomic mass is 19.1. The van der Waals surface area contributed by atoms with Crippen LogP contribution in [-0.4, -0.2) is 40.2 Å². The number of carbonyl (C=O) groups excluding carboxylic acids is 1. The van der Waals surface area contributed by atoms with Crippen molar-refractivity contribution < 1.29 is 23.8 Å². The van der Waals surface area contributed by atoms with E-state index in [9.17, 15) is 19.1 Å². The minimum absolute atomic E-state index is 0.197. The number of H-pyrrole nitrogens is 1. The lowest BCUT2D eigenvalue weighted by atomic mass is 9.54. The van der Waals surface area contributed by atoms with Crippen molar-refractivity contribution in [2.45, 2.75) is 45.8 Å². The van der Waals surface area contributed by atoms with Gasteiger partial charge in [-0.1, -0.05) is 13.8 Å². The van der Waals surface area contributed by atoms with Gasteiger partial charge in [0.1, 0.15) is 17.1 Å². The molecule has 7 heteroatoms. The van der Waals surface area contributed by atoms with Crippen molar-refractivity contribution in [2.24, 2.45) is 5.41 Å². The number of halogens is 1. The lowest BCUT2D eigenvalue weighted by Gasteiger charge is -2.58. The second kappa shape index (κ2) is 6.09. The first kappa shape index (κ1) is 18.4. The molecule has 0 radical (unpaired) electrons. The highest BCUT2D eigenvalue weighted by Crippen LogP contribution is 2.51. The van der Waals surface area contributed by atoms with Gasteiger partial charge >= 0.3 is 5.97 Å². The Morgan fingerprint density at radius 2 is 2.08 bits per heavy atom. The molecule has 0 spiro atoms. The summed E-state index contributed by atoms with van der Waals surface area (Å²) in [6.45, 7) is 7.62. The first-order valence-electron chi connectivity index (χ1n) is 8.58. The van der Waals surface area contributed by atoms with Crippen LogP contribution in [0.25, 0.3) is 10.9 Å². The number of amides is 1. The normalized spacial score (nSPS) is 24.3. The molecule has 140 valence electrons. The molecule has 0 bridgehead atoms. The van der Waals surface area contributed by atoms with Gasteiger partial charge in [0.05, 0.1) is 6.10 Å². The Kier molecular flexibility index (Phi) is 4.30. The van der Waals surface area contributed by atoms with Gasteiger partial charge in [0.2, 0.25) is 0 Å². The highest BCUT2D eigenvalue weighted by Gasteiger charge is 2.66. The number of carboxylic acid groups (broad SMARTS) is 1. The van der Waals surface area contributed by atoms with Crippen molar-refractivity contribution in [3.63, 3.8) is 0 Å². The third-order valence-corrected chi connectivity index (χ3v) is 5.61. The average molecular weight is 362 g/mol. The fraction of sp³-hybridized carbons (Fsp3) is 0.474. The number of ether oxygens (including phenoxy) is 1. The molecule has 1 aliphatic rings. The quantitative estimate of drug-likeness (QED) is 0.762. The van der Waals surface area contributed by atoms with E-state index in [0.29, 0.717) is 17.7 Å². The van der Waals surface area contributed by atoms with E-state index in [-0.39, 0.29) is 18.2 Å². The van der Waals surface area contributed by atoms with E-state index in [1.165, 1.54) is 12.1 Å². The summed E-state index contributed by atoms with van der Waals surface area (Å²) in [6, 6.07) is 4.31. The molecule has 1 heterocycles. The number of fused-ring (bicyclic) bond motifs is 1. The third kappa shape index (κ3) is 2.58. The Bertz CT molecular complexity index is 889. The summed E-state index contributed by atoms with van der Waals surface area (Å²) < 4.78 is 19.2. The highest BCUT2D eigenvalue weighted by molar-refractivity contribution is 6.01. The van der Waals surface area contributed by atoms with Crippen LogP contribution in [0, 0.1) is 18.2 Å². The van der Waals surface area contributed by atoms with Crippen LogP contribution in [0.15, 0.2) is 18.2 Å². The summed E-state index contributed by atoms with van der Waals surface area (Å²) in [5, 5.41) is 13.2. The number of aromatic nitrogens is 1. The summed E-state index contributed by atoms with van der Waals surface area (Å²) in [4.78, 5) is 27.6. The van der Waals surface area contributed by atoms with Gasteiger partial charge in [0.15, 0.2) is 0 Å². The minimum atomic E-state index is -1.42. The molecule has 1 amide bonds. The molecule has 6 nitrogen and oxygen atoms in total. The van der Waals surface area contributed by atoms with Crippen molar-refractivity contribution in [3.05, 3.63) is 35.3 Å². The van der Waals surface area contributed by atoms with Crippen LogP contribution in [0.1, 0.15) is 43.2 Å². The summed E-state index contributed by atoms with van der Waals surface area (Å²) in [5.74, 6) is -2.03. The Labute approximate surface area is 150 Å². The van der Waals surface area contributed by atoms with E-state index in [0.717, 1.165) is 5.39 Å². The topological polar surface area (TPSA) is 91.4 Å². The Hall–Kier alpha value is -2.41. The van der Waals surface area contributed by atoms with Gasteiger partial charge in [0.25, 0.3) is 5.91 Å². The SMILES string of the molecule is CCOC1CC(NC(=O)c2cc3c(C)cc(F)cc3[nH]2)(C(=O)O)C1(C)C. The van der Waals surface area contributed by atoms with Crippen molar-refractivity contribution >= 4 is 22.8 Å². The van der Waals surface area contributed by atoms with Crippen molar-refractivity contribution in [2.75, 3.05) is 6.61 Å². The molecule has 0 aliphatic heterocycles. The number of aromatic amines is 1. The smallest absolute Gasteiger partial charge is 0.330 e. The molecule has 2 unspecified atom stereocenters. The van der Waals surface area contributed by atoms with Gasteiger partial charge < -0.3 is 20.1 Å². The molecule has 3 rings (SSSR count). The van der Waals surface area contributed by atoms with E-state index in [1.807, 2.05) is 6.92 Å². The fourth-order valence-corrected chi connectivity index (χ4v) is 3.80. The fourth-order valence-electron chi connectivity index (χ4n) is 3.80. The summed E-state index contributed by atoms with van der Waals surface area (Å²) in [5.41, 5.74) is -0.786. The van der Waals surface area contributed by atoms with Gasteiger partial charge in [-0.15, -0.1) is 0 Å². The predicted molar refractivity (Wildman–Crippen MR) is 94.6 cm³/mol. The van der Waals surface area contributed by atoms with Crippen LogP contribution in [0.5, 0.6) is 0 Å². The lowest BCUT2D eigenvalue weighted by molar-refractivity contribution is -0.190. The number of carboxylic acids is 1. The molecule has 3 N–H and O–H groups in total. The van der Waals surface area contributed by atoms with Crippen molar-refractivity contribution in [1.29, 1.82) is 0 Å². The van der Waals surface area contributed by atoms with Crippen LogP contribution >= 0.6 is 0 Å². The standard InChI is InChI=1S/C19H23FN2O4/c1-5-26-15-9-19(17(24)25,18(15,3)4)22-16(23)14-8-12-10(2)6-11(20)7-13(12)21-14/h6-8,15,21H,5,9H2,1-4H3,(H,22,23)(H,24,25). The van der Waals surface area contributed by atoms with Gasteiger partial charge in [-0.2, -0.15) is 0 Å². The first-order chi connectivity index (χ1) is 12.1. The molecular formula is C19H23FN2O4. The molecule has 0 saturated heterocycles. The van der Waals surface area contributed by atoms with Crippen LogP contribution in [-0.2, 0) is 9.53 Å². The molecule has 2 atom stereocenters. The lowest BCUT2D eigenvalue weighted by Crippen LogP contribution is -2.76. The number of rotatable bonds is 5. The van der Waals surface area contributed by atoms with Gasteiger partial charge in [-0.25, -0.2) is 9.18 Å². The van der Waals surface area contributed by atoms with E-state index in [4.69, 9.17) is 4.74 Å². The second-order valence-electron chi connectivity index (χ2n) is 7.40. The van der Waals surface area contributed by atoms with Gasteiger partial charge in [0, 0.05) is 29.3 Å². The zero-order valence-corrected chi connectivity index (χ0v) is 15.3. The van der Waals surface area contributed by atoms with Crippen LogP contribution in [0.2, 0.25) is 0 Å². The molecule has 1 saturated carbocycles. The molecular weight excluding hydrogens is 339 g/mol. The largest absolute Gasteiger partial charge is 0.479 e. The average Bonchev–Trinajstić information content (AvgIpc) is 2.97. The molecule has 1 aliphatic carbocycles. The Morgan fingerprint density at radius 3 is 2.65 bits per heavy atom. The maximum Gasteiger partial charge on any atom is 0.330 e. The summed E-state index contributed by atoms with van der Waals surface area (Å²) >= 11 is 0. The number of hydrogen-bond donors (Lipinski definition) is 3. The number of aliphatic carboxylic acids is 1. The van der Waals surface area contributed by atoms with E-state index in [1.54, 1.807) is 26.8 Å². The molecule has 1 aromatic heterocycles. The summed E-state index contributed by atoms with van der Waals surface area (Å²) in [6.07, 6.45) is -0.0500. The summed E-state index contributed by atoms with van der Waals surface area (Å²) in [7, 11) is 0. The maximum atomic E-state index is 13.6. The first-order valence-corrected chi connectivity index (χ1v) is 8.58. The third-order valence-electron chi connectivity index (χ3n) is 5.61. The minimum Gasteiger partial charge on any atom is -0.479 e. The molecule has 2 aromatic rings. The second-order valence-corrected chi connectivity index (χ2v) is 7.40. The van der Waals surface area contributed by atoms with Crippen LogP contribution in [0.3, 0.4) is 0 Å². The number of benzene rings is 1. The Balaban J connectivity index is 1.91. The van der Waals surface area contributed by atoms with E-state index >= 15 is 0 Å². The monoisotopic (exact) mass is 362 g/mol. The number of carbonyl (C=O) groups is 2. The maximum absolute atomic E-state index is 13.6. The van der Waals surface area contributed by atoms with Crippen LogP contribution in [0.4, 0.5) is 4.39 Å². The zero-order chi connectivity index (χ0) is 19.3. The number of nitrogens with one attached hydrogen (secondary N) is 2. The van der Waals surface area contributed by atoms with Gasteiger partial charge in [-0.3, -0.25) is 4.79 Å². The van der Waals surface area contributed by atoms with Crippen molar-refractivity contribution in [3.8, 4) is 0 Å². The zero-order valence-electron chi connectivity index (χ0n) is 15.3. The molecule has 1 aromatic carbocycles. The Morgan fingerprint density at radius 1 is 1.38 bits per heavy atom. The predicted octanol–water partition coefficient (Wildman–Crippen LogP) is 3.00. The molecule has 26 heavy (non-hydrogen) atoms. The van der Waals surface area contributed by atoms with Gasteiger partial charge in [-0.05, 0) is 37.6 Å². The number of hydrogen-bond acceptors (Lipinski definition) is 3. The van der Waals surface area contributed by atoms with E-state index < -0.39 is 28.6 Å². The van der Waals surface area contributed by atoms with Crippen molar-refractivity contribution in [1.82, 2.24) is 10.3 Å².